The minimum Gasteiger partial charge on any atom is -0.328 e. The number of hydrogen-bond donors (Lipinski definition) is 0. The van der Waals surface area contributed by atoms with Gasteiger partial charge in [-0.15, -0.1) is 0 Å². The Morgan fingerprint density at radius 3 is 2.43 bits per heavy atom. The van der Waals surface area contributed by atoms with E-state index in [0.29, 0.717) is 6.54 Å². The molecular weight excluding hydrogens is 386 g/mol. The highest BCUT2D eigenvalue weighted by atomic mass is 19.1. The van der Waals surface area contributed by atoms with Gasteiger partial charge >= 0.3 is 0 Å². The lowest BCUT2D eigenvalue weighted by Gasteiger charge is -2.18. The smallest absolute Gasteiger partial charge is 0.257 e. The quantitative estimate of drug-likeness (QED) is 0.508. The minimum atomic E-state index is -0.861. The van der Waals surface area contributed by atoms with Crippen molar-refractivity contribution in [3.05, 3.63) is 101 Å². The van der Waals surface area contributed by atoms with E-state index >= 15 is 0 Å². The predicted molar refractivity (Wildman–Crippen MR) is 108 cm³/mol. The maximum atomic E-state index is 14.1. The largest absolute Gasteiger partial charge is 0.328 e. The number of aromatic nitrogens is 3. The van der Waals surface area contributed by atoms with Crippen molar-refractivity contribution < 1.29 is 13.6 Å². The van der Waals surface area contributed by atoms with Gasteiger partial charge in [0.05, 0.1) is 30.0 Å². The molecule has 3 heterocycles. The van der Waals surface area contributed by atoms with Crippen molar-refractivity contribution in [2.75, 3.05) is 0 Å². The molecule has 0 radical (unpaired) electrons. The molecule has 7 heteroatoms. The van der Waals surface area contributed by atoms with Crippen LogP contribution in [0.25, 0.3) is 11.5 Å². The third-order valence-electron chi connectivity index (χ3n) is 5.31. The van der Waals surface area contributed by atoms with Crippen LogP contribution in [0.1, 0.15) is 27.2 Å². The standard InChI is InChI=1S/C23H18F2N4O/c1-15-4-7-17(8-5-15)29-22(27-10-2-3-11-27)19-13-28(14-21(19)26-29)23(30)18-9-6-16(24)12-20(18)25/h2-12H,13-14H2,1H3. The van der Waals surface area contributed by atoms with Crippen LogP contribution in [0.5, 0.6) is 0 Å². The van der Waals surface area contributed by atoms with Gasteiger partial charge < -0.3 is 9.47 Å². The van der Waals surface area contributed by atoms with Gasteiger partial charge in [-0.05, 0) is 43.3 Å². The first-order valence-electron chi connectivity index (χ1n) is 9.57. The summed E-state index contributed by atoms with van der Waals surface area (Å²) < 4.78 is 31.2. The van der Waals surface area contributed by atoms with Crippen LogP contribution in [0.3, 0.4) is 0 Å². The molecule has 0 N–H and O–H groups in total. The second-order valence-corrected chi connectivity index (χ2v) is 7.37. The lowest BCUT2D eigenvalue weighted by Crippen LogP contribution is -2.27. The van der Waals surface area contributed by atoms with E-state index in [4.69, 9.17) is 5.10 Å². The van der Waals surface area contributed by atoms with E-state index in [1.54, 1.807) is 0 Å². The molecule has 2 aromatic heterocycles. The van der Waals surface area contributed by atoms with Gasteiger partial charge in [-0.1, -0.05) is 17.7 Å². The first-order valence-corrected chi connectivity index (χ1v) is 9.57. The molecule has 1 aliphatic rings. The van der Waals surface area contributed by atoms with Crippen LogP contribution in [0, 0.1) is 18.6 Å². The van der Waals surface area contributed by atoms with Crippen molar-refractivity contribution in [3.63, 3.8) is 0 Å². The Hall–Kier alpha value is -3.74. The van der Waals surface area contributed by atoms with Crippen LogP contribution in [-0.2, 0) is 13.1 Å². The normalized spacial score (nSPS) is 13.0. The van der Waals surface area contributed by atoms with E-state index in [-0.39, 0.29) is 12.1 Å². The zero-order valence-corrected chi connectivity index (χ0v) is 16.2. The summed E-state index contributed by atoms with van der Waals surface area (Å²) in [6, 6.07) is 14.9. The number of halogens is 2. The zero-order chi connectivity index (χ0) is 20.8. The summed E-state index contributed by atoms with van der Waals surface area (Å²) in [6.07, 6.45) is 3.85. The predicted octanol–water partition coefficient (Wildman–Crippen LogP) is 4.41. The molecule has 5 rings (SSSR count). The van der Waals surface area contributed by atoms with Gasteiger partial charge in [-0.25, -0.2) is 13.5 Å². The van der Waals surface area contributed by atoms with E-state index in [9.17, 15) is 13.6 Å². The Balaban J connectivity index is 1.54. The van der Waals surface area contributed by atoms with E-state index < -0.39 is 17.5 Å². The fourth-order valence-electron chi connectivity index (χ4n) is 3.79. The highest BCUT2D eigenvalue weighted by molar-refractivity contribution is 5.94. The fraction of sp³-hybridized carbons (Fsp3) is 0.130. The monoisotopic (exact) mass is 404 g/mol. The summed E-state index contributed by atoms with van der Waals surface area (Å²) in [4.78, 5) is 14.4. The number of fused-ring (bicyclic) bond motifs is 1. The molecule has 1 aliphatic heterocycles. The van der Waals surface area contributed by atoms with Crippen LogP contribution < -0.4 is 0 Å². The van der Waals surface area contributed by atoms with E-state index in [0.717, 1.165) is 40.5 Å². The molecule has 5 nitrogen and oxygen atoms in total. The summed E-state index contributed by atoms with van der Waals surface area (Å²) in [6.45, 7) is 2.58. The molecule has 0 saturated carbocycles. The number of rotatable bonds is 3. The van der Waals surface area contributed by atoms with Gasteiger partial charge in [0.1, 0.15) is 17.5 Å². The third kappa shape index (κ3) is 2.99. The Kier molecular flexibility index (Phi) is 4.24. The summed E-state index contributed by atoms with van der Waals surface area (Å²) >= 11 is 0. The molecule has 0 unspecified atom stereocenters. The summed E-state index contributed by atoms with van der Waals surface area (Å²) in [7, 11) is 0. The van der Waals surface area contributed by atoms with Gasteiger partial charge in [-0.2, -0.15) is 5.10 Å². The lowest BCUT2D eigenvalue weighted by atomic mass is 10.2. The van der Waals surface area contributed by atoms with Crippen molar-refractivity contribution in [2.45, 2.75) is 20.0 Å². The zero-order valence-electron chi connectivity index (χ0n) is 16.2. The average Bonchev–Trinajstić information content (AvgIpc) is 3.44. The summed E-state index contributed by atoms with van der Waals surface area (Å²) in [5.41, 5.74) is 3.59. The molecule has 0 aliphatic carbocycles. The van der Waals surface area contributed by atoms with Crippen molar-refractivity contribution >= 4 is 5.91 Å². The molecule has 0 spiro atoms. The average molecular weight is 404 g/mol. The van der Waals surface area contributed by atoms with Crippen molar-refractivity contribution in [1.29, 1.82) is 0 Å². The molecular formula is C23H18F2N4O. The van der Waals surface area contributed by atoms with Gasteiger partial charge in [0, 0.05) is 24.0 Å². The molecule has 30 heavy (non-hydrogen) atoms. The van der Waals surface area contributed by atoms with E-state index in [2.05, 4.69) is 0 Å². The first kappa shape index (κ1) is 18.3. The second kappa shape index (κ2) is 6.95. The minimum absolute atomic E-state index is 0.143. The lowest BCUT2D eigenvalue weighted by molar-refractivity contribution is 0.0744. The molecule has 2 aromatic carbocycles. The molecule has 1 amide bonds. The Bertz CT molecular complexity index is 1240. The number of carbonyl (C=O) groups is 1. The number of aryl methyl sites for hydroxylation is 1. The van der Waals surface area contributed by atoms with Gasteiger partial charge in [0.25, 0.3) is 5.91 Å². The molecule has 0 bridgehead atoms. The highest BCUT2D eigenvalue weighted by Gasteiger charge is 2.32. The SMILES string of the molecule is Cc1ccc(-n2nc3c(c2-n2cccc2)CN(C(=O)c2ccc(F)cc2F)C3)cc1. The van der Waals surface area contributed by atoms with E-state index in [1.165, 1.54) is 11.0 Å². The first-order chi connectivity index (χ1) is 14.5. The Labute approximate surface area is 171 Å². The van der Waals surface area contributed by atoms with Crippen LogP contribution in [-0.4, -0.2) is 25.2 Å². The van der Waals surface area contributed by atoms with Crippen LogP contribution >= 0.6 is 0 Å². The maximum Gasteiger partial charge on any atom is 0.257 e. The van der Waals surface area contributed by atoms with Crippen molar-refractivity contribution in [1.82, 2.24) is 19.2 Å². The van der Waals surface area contributed by atoms with Gasteiger partial charge in [0.2, 0.25) is 0 Å². The number of benzene rings is 2. The van der Waals surface area contributed by atoms with Gasteiger partial charge in [-0.3, -0.25) is 4.79 Å². The third-order valence-corrected chi connectivity index (χ3v) is 5.31. The number of nitrogens with zero attached hydrogens (tertiary/aromatic N) is 4. The van der Waals surface area contributed by atoms with Crippen LogP contribution in [0.4, 0.5) is 8.78 Å². The molecule has 0 saturated heterocycles. The van der Waals surface area contributed by atoms with Crippen molar-refractivity contribution in [2.24, 2.45) is 0 Å². The Morgan fingerprint density at radius 2 is 1.73 bits per heavy atom. The molecule has 150 valence electrons. The topological polar surface area (TPSA) is 43.1 Å². The van der Waals surface area contributed by atoms with Gasteiger partial charge in [0.15, 0.2) is 0 Å². The fourth-order valence-corrected chi connectivity index (χ4v) is 3.79. The number of amides is 1. The van der Waals surface area contributed by atoms with Crippen molar-refractivity contribution in [3.8, 4) is 11.5 Å². The Morgan fingerprint density at radius 1 is 1.00 bits per heavy atom. The maximum absolute atomic E-state index is 14.1. The molecule has 0 atom stereocenters. The summed E-state index contributed by atoms with van der Waals surface area (Å²) in [5.74, 6) is -1.21. The number of carbonyl (C=O) groups excluding carboxylic acids is 1. The van der Waals surface area contributed by atoms with Crippen LogP contribution in [0.15, 0.2) is 67.0 Å². The second-order valence-electron chi connectivity index (χ2n) is 7.37. The number of hydrogen-bond acceptors (Lipinski definition) is 2. The molecule has 0 fully saturated rings. The highest BCUT2D eigenvalue weighted by Crippen LogP contribution is 2.31. The van der Waals surface area contributed by atoms with Crippen LogP contribution in [0.2, 0.25) is 0 Å². The molecule has 4 aromatic rings. The summed E-state index contributed by atoms with van der Waals surface area (Å²) in [5, 5.41) is 4.76. The van der Waals surface area contributed by atoms with E-state index in [1.807, 2.05) is 65.0 Å².